The van der Waals surface area contributed by atoms with Crippen molar-refractivity contribution < 1.29 is 142 Å². The lowest BCUT2D eigenvalue weighted by Gasteiger charge is -2.43. The molecule has 27 N–H and O–H groups in total. The van der Waals surface area contributed by atoms with E-state index in [2.05, 4.69) is 63.8 Å². The Hall–Kier alpha value is -11.9. The van der Waals surface area contributed by atoms with Crippen molar-refractivity contribution in [3.63, 3.8) is 0 Å². The average Bonchev–Trinajstić information content (AvgIpc) is 0.709. The van der Waals surface area contributed by atoms with Crippen LogP contribution in [0.15, 0.2) is 42.5 Å². The van der Waals surface area contributed by atoms with Crippen LogP contribution in [-0.4, -0.2) is 283 Å². The second kappa shape index (κ2) is 44.4. The van der Waals surface area contributed by atoms with E-state index in [1.807, 2.05) is 0 Å². The number of methoxy groups -OCH3 is 1. The SMILES string of the molecule is COc1cccc2c1C(=O)c1c(O)c3c(c(O)c1C2=O)C[C@@](O)(C(=O)CO)C[C@@H]3O[C@H]1C[C@H](NC(=O)[C@H](CC(C)C)NC(=O)[C@H](CO)NC(=O)[C@H](C)NC(=O)[C@H](CO)NC(=O)[C@H](CCC(N)=O)NC(=O)[C@H](Cc2ccc(O)cc2)NC(=O)[C@H](CO)NC(=O)[C@H](C)NC(=O)[C@H](CCCCN)NC(=O)[C@H](CC(N)=O)NC(=O)[C@H](C)NC(C)=O)[C@H](O)[C@H](C)O1. The third-order valence-electron chi connectivity index (χ3n) is 20.1. The van der Waals surface area contributed by atoms with Crippen LogP contribution in [0.4, 0.5) is 0 Å². The van der Waals surface area contributed by atoms with Gasteiger partial charge in [0.25, 0.3) is 0 Å². The summed E-state index contributed by atoms with van der Waals surface area (Å²) < 4.78 is 17.6. The van der Waals surface area contributed by atoms with Gasteiger partial charge in [0.2, 0.25) is 88.5 Å². The third-order valence-corrected chi connectivity index (χ3v) is 20.1. The normalized spacial score (nSPS) is 19.9. The van der Waals surface area contributed by atoms with Gasteiger partial charge in [-0.05, 0) is 96.0 Å². The Morgan fingerprint density at radius 2 is 1.04 bits per heavy atom. The zero-order valence-corrected chi connectivity index (χ0v) is 67.6. The Morgan fingerprint density at radius 3 is 1.56 bits per heavy atom. The largest absolute Gasteiger partial charge is 0.508 e. The van der Waals surface area contributed by atoms with Crippen LogP contribution in [0.1, 0.15) is 161 Å². The number of rotatable bonds is 44. The first-order valence-electron chi connectivity index (χ1n) is 38.7. The number of ether oxygens (including phenoxy) is 3. The van der Waals surface area contributed by atoms with Gasteiger partial charge in [0.05, 0.1) is 68.3 Å². The minimum absolute atomic E-state index is 0.0452. The number of nitrogens with one attached hydrogen (secondary N) is 12. The number of carbonyl (C=O) groups excluding carboxylic acids is 17. The number of carbonyl (C=O) groups is 17. The van der Waals surface area contributed by atoms with Crippen molar-refractivity contribution in [2.45, 2.75) is 222 Å². The topological polar surface area (TPSA) is 722 Å². The molecule has 1 saturated heterocycles. The van der Waals surface area contributed by atoms with Gasteiger partial charge in [-0.25, -0.2) is 0 Å². The van der Waals surface area contributed by atoms with Gasteiger partial charge in [-0.2, -0.15) is 0 Å². The second-order valence-corrected chi connectivity index (χ2v) is 30.0. The van der Waals surface area contributed by atoms with Gasteiger partial charge in [-0.3, -0.25) is 81.5 Å². The van der Waals surface area contributed by atoms with Crippen LogP contribution in [0, 0.1) is 5.92 Å². The molecule has 44 heteroatoms. The summed E-state index contributed by atoms with van der Waals surface area (Å²) in [6.07, 6.45) is -10.1. The molecule has 0 aromatic heterocycles. The highest BCUT2D eigenvalue weighted by Gasteiger charge is 2.51. The number of hydrogen-bond donors (Lipinski definition) is 24. The van der Waals surface area contributed by atoms with E-state index in [-0.39, 0.29) is 65.5 Å². The Bertz CT molecular complexity index is 4380. The lowest BCUT2D eigenvalue weighted by Crippen LogP contribution is -2.62. The number of Topliss-reactive ketones (excluding diaryl/α,β-unsaturated/α-hetero) is 1. The summed E-state index contributed by atoms with van der Waals surface area (Å²) in [4.78, 5) is 229. The molecule has 44 nitrogen and oxygen atoms in total. The summed E-state index contributed by atoms with van der Waals surface area (Å²) >= 11 is 0. The van der Waals surface area contributed by atoms with Crippen LogP contribution >= 0.6 is 0 Å². The molecule has 0 spiro atoms. The van der Waals surface area contributed by atoms with E-state index in [4.69, 9.17) is 31.4 Å². The Labute approximate surface area is 692 Å². The number of hydrogen-bond acceptors (Lipinski definition) is 30. The molecule has 2 aliphatic carbocycles. The number of aliphatic hydroxyl groups excluding tert-OH is 5. The average molecular weight is 1710 g/mol. The molecule has 0 radical (unpaired) electrons. The number of benzene rings is 3. The minimum Gasteiger partial charge on any atom is -0.508 e. The fourth-order valence-corrected chi connectivity index (χ4v) is 13.6. The van der Waals surface area contributed by atoms with E-state index in [1.54, 1.807) is 13.8 Å². The van der Waals surface area contributed by atoms with Crippen molar-refractivity contribution >= 4 is 100 Å². The number of amides is 14. The molecule has 664 valence electrons. The number of ketones is 3. The number of phenolic OH excluding ortho intramolecular Hbond substituents is 3. The lowest BCUT2D eigenvalue weighted by atomic mass is 9.72. The van der Waals surface area contributed by atoms with E-state index in [1.165, 1.54) is 63.4 Å². The maximum Gasteiger partial charge on any atom is 0.245 e. The predicted octanol–water partition coefficient (Wildman–Crippen LogP) is -8.19. The molecule has 17 atom stereocenters. The number of phenols is 3. The maximum atomic E-state index is 14.4. The Kier molecular flexibility index (Phi) is 35.9. The van der Waals surface area contributed by atoms with Crippen molar-refractivity contribution in [3.8, 4) is 23.0 Å². The summed E-state index contributed by atoms with van der Waals surface area (Å²) in [7, 11) is 1.24. The molecule has 121 heavy (non-hydrogen) atoms. The van der Waals surface area contributed by atoms with Crippen LogP contribution in [0.5, 0.6) is 23.0 Å². The maximum absolute atomic E-state index is 14.4. The molecule has 3 aromatic carbocycles. The molecular weight excluding hydrogens is 1600 g/mol. The van der Waals surface area contributed by atoms with Crippen LogP contribution in [0.25, 0.3) is 0 Å². The second-order valence-electron chi connectivity index (χ2n) is 30.0. The number of aromatic hydroxyl groups is 3. The fourth-order valence-electron chi connectivity index (χ4n) is 13.6. The molecular formula is C77H107N15O29. The number of nitrogens with two attached hydrogens (primary N) is 3. The van der Waals surface area contributed by atoms with Crippen molar-refractivity contribution in [2.75, 3.05) is 40.1 Å². The molecule has 1 aliphatic heterocycles. The third kappa shape index (κ3) is 26.1. The van der Waals surface area contributed by atoms with E-state index < -0.39 is 302 Å². The highest BCUT2D eigenvalue weighted by molar-refractivity contribution is 6.31. The summed E-state index contributed by atoms with van der Waals surface area (Å²) in [6.45, 7) is 4.80. The number of fused-ring (bicyclic) bond motifs is 3. The first-order chi connectivity index (χ1) is 57.0. The van der Waals surface area contributed by atoms with Crippen molar-refractivity contribution in [3.05, 3.63) is 81.4 Å². The highest BCUT2D eigenvalue weighted by Crippen LogP contribution is 2.53. The van der Waals surface area contributed by atoms with Gasteiger partial charge < -0.3 is 141 Å². The number of unbranched alkanes of at least 4 members (excludes halogenated alkanes) is 1. The zero-order valence-electron chi connectivity index (χ0n) is 67.6. The van der Waals surface area contributed by atoms with Crippen LogP contribution in [-0.2, 0) is 94.2 Å². The van der Waals surface area contributed by atoms with E-state index in [0.29, 0.717) is 6.42 Å². The Balaban J connectivity index is 1.11. The highest BCUT2D eigenvalue weighted by atomic mass is 16.7. The van der Waals surface area contributed by atoms with E-state index in [0.717, 1.165) is 20.8 Å². The molecule has 1 fully saturated rings. The molecule has 0 saturated carbocycles. The molecule has 3 aromatic rings. The summed E-state index contributed by atoms with van der Waals surface area (Å²) in [5.41, 5.74) is 11.6. The predicted molar refractivity (Wildman–Crippen MR) is 417 cm³/mol. The van der Waals surface area contributed by atoms with E-state index in [9.17, 15) is 127 Å². The van der Waals surface area contributed by atoms with Crippen LogP contribution < -0.4 is 85.7 Å². The fraction of sp³-hybridized carbons (Fsp3) is 0.545. The Morgan fingerprint density at radius 1 is 0.562 bits per heavy atom. The number of aliphatic hydroxyl groups is 6. The smallest absolute Gasteiger partial charge is 0.245 e. The van der Waals surface area contributed by atoms with Gasteiger partial charge >= 0.3 is 0 Å². The number of primary amides is 2. The monoisotopic (exact) mass is 1710 g/mol. The standard InChI is InChI=1S/C77H107N15O29/c1-32(2)22-45(71(112)86-44-25-56(120-36(6)61(44)102)121-52-27-77(118,53(99)31-96)26-41-58(52)65(106)60-59(63(41)104)62(103)40-12-11-14-51(119-8)57(40)64(60)105)88-75(116)49(29-94)90-68(109)35(5)83-74(115)48(28-93)92-70(111)43(19-20-54(79)100)85-72(113)46(23-38-15-17-39(98)18-16-38)89-76(117)50(30-95)91-67(108)34(4)82-69(110)42(13-9-10-21-78)84-73(114)47(24-55(80)101)87-66(107)33(3)81-37(7)97/h11-12,14-18,32-36,42-50,52,56,61,93-96,98,102,104,106,118H,9-10,13,19-31,78H2,1-8H3,(H2,79,100)(H2,80,101)(H,81,97)(H,82,110)(H,83,115)(H,84,114)(H,85,113)(H,86,112)(H,87,107)(H,88,116)(H,89,117)(H,90,109)(H,91,108)(H,92,111)/t33-,34-,35-,36-,42-,43-,44-,45-,46-,47-,48-,49-,50-,52-,56-,61+,77-/m0/s1. The molecule has 0 unspecified atom stereocenters. The van der Waals surface area contributed by atoms with Crippen molar-refractivity contribution in [1.29, 1.82) is 0 Å². The molecule has 14 amide bonds. The summed E-state index contributed by atoms with van der Waals surface area (Å²) in [5.74, 6) is -20.5. The van der Waals surface area contributed by atoms with E-state index >= 15 is 0 Å². The summed E-state index contributed by atoms with van der Waals surface area (Å²) in [5, 5.41) is 127. The van der Waals surface area contributed by atoms with Gasteiger partial charge in [0.15, 0.2) is 17.9 Å². The first kappa shape index (κ1) is 97.9. The molecule has 0 bridgehead atoms. The quantitative estimate of drug-likeness (QED) is 0.0144. The summed E-state index contributed by atoms with van der Waals surface area (Å²) in [6, 6.07) is -10.6. The van der Waals surface area contributed by atoms with Crippen molar-refractivity contribution in [2.24, 2.45) is 23.1 Å². The van der Waals surface area contributed by atoms with Gasteiger partial charge in [-0.15, -0.1) is 0 Å². The van der Waals surface area contributed by atoms with Gasteiger partial charge in [0.1, 0.15) is 108 Å². The van der Waals surface area contributed by atoms with Crippen LogP contribution in [0.2, 0.25) is 0 Å². The van der Waals surface area contributed by atoms with Crippen molar-refractivity contribution in [1.82, 2.24) is 63.8 Å². The lowest BCUT2D eigenvalue weighted by molar-refractivity contribution is -0.249. The first-order valence-corrected chi connectivity index (χ1v) is 38.7. The molecule has 3 aliphatic rings. The zero-order chi connectivity index (χ0) is 90.4. The minimum atomic E-state index is -2.54. The van der Waals surface area contributed by atoms with Gasteiger partial charge in [0, 0.05) is 55.7 Å². The van der Waals surface area contributed by atoms with Gasteiger partial charge in [-0.1, -0.05) is 38.1 Å². The van der Waals surface area contributed by atoms with Crippen LogP contribution in [0.3, 0.4) is 0 Å². The molecule has 1 heterocycles. The molecule has 6 rings (SSSR count).